The molecule has 2 rings (SSSR count). The molecule has 2 heterocycles. The van der Waals surface area contributed by atoms with Gasteiger partial charge in [0.15, 0.2) is 0 Å². The van der Waals surface area contributed by atoms with Gasteiger partial charge < -0.3 is 10.0 Å². The summed E-state index contributed by atoms with van der Waals surface area (Å²) in [5, 5.41) is 9.07. The highest BCUT2D eigenvalue weighted by Gasteiger charge is 2.32. The standard InChI is InChI=1S/C13H17ClN2O5S2/c1-8-2-3-9(13(18)19)7-16(8)11(17)6-15-23(20,21)12-5-4-10(14)22-12/h4-5,8-9,15H,2-3,6-7H2,1H3,(H,18,19). The van der Waals surface area contributed by atoms with Crippen LogP contribution in [0.2, 0.25) is 4.34 Å². The van der Waals surface area contributed by atoms with Crippen molar-refractivity contribution in [2.24, 2.45) is 5.92 Å². The molecule has 1 aromatic rings. The van der Waals surface area contributed by atoms with E-state index in [9.17, 15) is 18.0 Å². The van der Waals surface area contributed by atoms with Gasteiger partial charge in [-0.25, -0.2) is 13.1 Å². The molecule has 10 heteroatoms. The van der Waals surface area contributed by atoms with E-state index < -0.39 is 34.4 Å². The van der Waals surface area contributed by atoms with Crippen molar-refractivity contribution in [2.45, 2.75) is 30.0 Å². The minimum Gasteiger partial charge on any atom is -0.481 e. The lowest BCUT2D eigenvalue weighted by Gasteiger charge is -2.36. The second-order valence-corrected chi connectivity index (χ2v) is 9.10. The molecule has 1 aliphatic rings. The summed E-state index contributed by atoms with van der Waals surface area (Å²) in [5.41, 5.74) is 0. The van der Waals surface area contributed by atoms with Crippen molar-refractivity contribution in [3.63, 3.8) is 0 Å². The van der Waals surface area contributed by atoms with Crippen molar-refractivity contribution in [3.05, 3.63) is 16.5 Å². The Labute approximate surface area is 143 Å². The fourth-order valence-electron chi connectivity index (χ4n) is 2.43. The molecule has 23 heavy (non-hydrogen) atoms. The van der Waals surface area contributed by atoms with Gasteiger partial charge in [-0.1, -0.05) is 11.6 Å². The molecule has 128 valence electrons. The van der Waals surface area contributed by atoms with Crippen LogP contribution in [0.25, 0.3) is 0 Å². The van der Waals surface area contributed by atoms with Crippen LogP contribution >= 0.6 is 22.9 Å². The number of nitrogens with zero attached hydrogens (tertiary/aromatic N) is 1. The van der Waals surface area contributed by atoms with E-state index in [4.69, 9.17) is 16.7 Å². The van der Waals surface area contributed by atoms with Gasteiger partial charge in [0.1, 0.15) is 4.21 Å². The van der Waals surface area contributed by atoms with Gasteiger partial charge in [-0.2, -0.15) is 0 Å². The Morgan fingerprint density at radius 2 is 2.13 bits per heavy atom. The summed E-state index contributed by atoms with van der Waals surface area (Å²) < 4.78 is 26.7. The molecule has 2 N–H and O–H groups in total. The van der Waals surface area contributed by atoms with E-state index in [0.717, 1.165) is 11.3 Å². The third kappa shape index (κ3) is 4.43. The Kier molecular flexibility index (Phi) is 5.66. The van der Waals surface area contributed by atoms with E-state index in [1.54, 1.807) is 0 Å². The summed E-state index contributed by atoms with van der Waals surface area (Å²) in [5.74, 6) is -1.99. The lowest BCUT2D eigenvalue weighted by atomic mass is 9.93. The number of hydrogen-bond donors (Lipinski definition) is 2. The van der Waals surface area contributed by atoms with Gasteiger partial charge >= 0.3 is 5.97 Å². The molecule has 2 atom stereocenters. The van der Waals surface area contributed by atoms with Gasteiger partial charge in [0.25, 0.3) is 10.0 Å². The highest BCUT2D eigenvalue weighted by atomic mass is 35.5. The van der Waals surface area contributed by atoms with Crippen molar-refractivity contribution in [3.8, 4) is 0 Å². The number of carboxylic acids is 1. The van der Waals surface area contributed by atoms with Gasteiger partial charge in [-0.05, 0) is 31.9 Å². The van der Waals surface area contributed by atoms with Crippen molar-refractivity contribution in [1.82, 2.24) is 9.62 Å². The van der Waals surface area contributed by atoms with Crippen LogP contribution < -0.4 is 4.72 Å². The highest BCUT2D eigenvalue weighted by Crippen LogP contribution is 2.25. The van der Waals surface area contributed by atoms with E-state index in [0.29, 0.717) is 17.2 Å². The topological polar surface area (TPSA) is 104 Å². The number of amides is 1. The molecule has 1 fully saturated rings. The Morgan fingerprint density at radius 1 is 1.43 bits per heavy atom. The molecule has 1 aliphatic heterocycles. The summed E-state index contributed by atoms with van der Waals surface area (Å²) in [6.45, 7) is 1.51. The minimum absolute atomic E-state index is 0.0328. The normalized spacial score (nSPS) is 22.1. The van der Waals surface area contributed by atoms with Crippen LogP contribution in [0.15, 0.2) is 16.3 Å². The lowest BCUT2D eigenvalue weighted by molar-refractivity contribution is -0.146. The van der Waals surface area contributed by atoms with Crippen LogP contribution in [0.3, 0.4) is 0 Å². The first-order valence-electron chi connectivity index (χ1n) is 6.98. The molecular formula is C13H17ClN2O5S2. The van der Waals surface area contributed by atoms with Crippen LogP contribution in [-0.2, 0) is 19.6 Å². The number of rotatable bonds is 5. The molecule has 0 saturated carbocycles. The molecule has 1 amide bonds. The SMILES string of the molecule is CC1CCC(C(=O)O)CN1C(=O)CNS(=O)(=O)c1ccc(Cl)s1. The van der Waals surface area contributed by atoms with Gasteiger partial charge in [0.2, 0.25) is 5.91 Å². The van der Waals surface area contributed by atoms with Crippen molar-refractivity contribution < 1.29 is 23.1 Å². The molecular weight excluding hydrogens is 364 g/mol. The zero-order chi connectivity index (χ0) is 17.2. The lowest BCUT2D eigenvalue weighted by Crippen LogP contribution is -2.50. The number of nitrogens with one attached hydrogen (secondary N) is 1. The summed E-state index contributed by atoms with van der Waals surface area (Å²) in [6, 6.07) is 2.72. The Hall–Kier alpha value is -1.16. The van der Waals surface area contributed by atoms with E-state index in [1.807, 2.05) is 6.92 Å². The Balaban J connectivity index is 1.99. The molecule has 0 aromatic carbocycles. The van der Waals surface area contributed by atoms with E-state index >= 15 is 0 Å². The maximum Gasteiger partial charge on any atom is 0.308 e. The van der Waals surface area contributed by atoms with Crippen LogP contribution in [0.5, 0.6) is 0 Å². The quantitative estimate of drug-likeness (QED) is 0.803. The summed E-state index contributed by atoms with van der Waals surface area (Å²) in [6.07, 6.45) is 1.09. The van der Waals surface area contributed by atoms with Gasteiger partial charge in [-0.3, -0.25) is 9.59 Å². The first-order valence-corrected chi connectivity index (χ1v) is 9.65. The van der Waals surface area contributed by atoms with Gasteiger partial charge in [0.05, 0.1) is 16.8 Å². The summed E-state index contributed by atoms with van der Waals surface area (Å²) in [7, 11) is -3.80. The number of aliphatic carboxylic acids is 1. The van der Waals surface area contributed by atoms with E-state index in [1.165, 1.54) is 17.0 Å². The third-order valence-corrected chi connectivity index (χ3v) is 6.90. The molecule has 1 aromatic heterocycles. The number of hydrogen-bond acceptors (Lipinski definition) is 5. The smallest absolute Gasteiger partial charge is 0.308 e. The molecule has 0 radical (unpaired) electrons. The van der Waals surface area contributed by atoms with Crippen LogP contribution in [0.1, 0.15) is 19.8 Å². The van der Waals surface area contributed by atoms with Crippen LogP contribution in [0.4, 0.5) is 0 Å². The first kappa shape index (κ1) is 18.2. The fraction of sp³-hybridized carbons (Fsp3) is 0.538. The van der Waals surface area contributed by atoms with Gasteiger partial charge in [-0.15, -0.1) is 11.3 Å². The molecule has 0 bridgehead atoms. The monoisotopic (exact) mass is 380 g/mol. The largest absolute Gasteiger partial charge is 0.481 e. The van der Waals surface area contributed by atoms with Crippen LogP contribution in [0, 0.1) is 5.92 Å². The second kappa shape index (κ2) is 7.16. The number of carboxylic acid groups (broad SMARTS) is 1. The number of piperidine rings is 1. The maximum atomic E-state index is 12.2. The van der Waals surface area contributed by atoms with Gasteiger partial charge in [0, 0.05) is 12.6 Å². The Morgan fingerprint density at radius 3 is 2.70 bits per heavy atom. The Bertz CT molecular complexity index is 703. The minimum atomic E-state index is -3.80. The number of carbonyl (C=O) groups excluding carboxylic acids is 1. The van der Waals surface area contributed by atoms with Crippen LogP contribution in [-0.4, -0.2) is 49.4 Å². The number of carbonyl (C=O) groups is 2. The predicted molar refractivity (Wildman–Crippen MR) is 86.1 cm³/mol. The average Bonchev–Trinajstić information content (AvgIpc) is 2.92. The molecule has 0 aliphatic carbocycles. The maximum absolute atomic E-state index is 12.2. The number of likely N-dealkylation sites (tertiary alicyclic amines) is 1. The molecule has 7 nitrogen and oxygen atoms in total. The molecule has 2 unspecified atom stereocenters. The zero-order valence-corrected chi connectivity index (χ0v) is 14.7. The highest BCUT2D eigenvalue weighted by molar-refractivity contribution is 7.91. The van der Waals surface area contributed by atoms with Crippen molar-refractivity contribution in [1.29, 1.82) is 0 Å². The summed E-state index contributed by atoms with van der Waals surface area (Å²) in [4.78, 5) is 24.7. The second-order valence-electron chi connectivity index (χ2n) is 5.39. The molecule has 0 spiro atoms. The predicted octanol–water partition coefficient (Wildman–Crippen LogP) is 1.39. The first-order chi connectivity index (χ1) is 10.7. The fourth-order valence-corrected chi connectivity index (χ4v) is 4.93. The van der Waals surface area contributed by atoms with Crippen molar-refractivity contribution in [2.75, 3.05) is 13.1 Å². The third-order valence-electron chi connectivity index (χ3n) is 3.78. The zero-order valence-electron chi connectivity index (χ0n) is 12.4. The van der Waals surface area contributed by atoms with E-state index in [2.05, 4.69) is 4.72 Å². The number of thiophene rings is 1. The molecule has 1 saturated heterocycles. The number of halogens is 1. The summed E-state index contributed by atoms with van der Waals surface area (Å²) >= 11 is 6.61. The van der Waals surface area contributed by atoms with E-state index in [-0.39, 0.29) is 16.8 Å². The van der Waals surface area contributed by atoms with Crippen molar-refractivity contribution >= 4 is 44.8 Å². The average molecular weight is 381 g/mol. The number of sulfonamides is 1.